The molecule has 0 unspecified atom stereocenters. The topological polar surface area (TPSA) is 43.8 Å². The zero-order valence-electron chi connectivity index (χ0n) is 10.6. The molecule has 17 heavy (non-hydrogen) atoms. The summed E-state index contributed by atoms with van der Waals surface area (Å²) in [6.45, 7) is 7.24. The normalized spacial score (nSPS) is 11.1. The lowest BCUT2D eigenvalue weighted by molar-refractivity contribution is 0.658. The molecule has 0 aliphatic carbocycles. The van der Waals surface area contributed by atoms with E-state index in [1.54, 1.807) is 0 Å². The molecule has 2 aromatic rings. The van der Waals surface area contributed by atoms with E-state index in [4.69, 9.17) is 5.73 Å². The summed E-state index contributed by atoms with van der Waals surface area (Å²) in [7, 11) is 0. The minimum atomic E-state index is 0.384. The van der Waals surface area contributed by atoms with Crippen LogP contribution < -0.4 is 5.73 Å². The lowest BCUT2D eigenvalue weighted by Crippen LogP contribution is -2.06. The molecule has 0 fully saturated rings. The van der Waals surface area contributed by atoms with Crippen molar-refractivity contribution in [3.63, 3.8) is 0 Å². The molecule has 0 spiro atoms. The Labute approximate surface area is 102 Å². The van der Waals surface area contributed by atoms with Crippen molar-refractivity contribution in [3.8, 4) is 11.3 Å². The Kier molecular flexibility index (Phi) is 3.18. The predicted octanol–water partition coefficient (Wildman–Crippen LogP) is 3.28. The van der Waals surface area contributed by atoms with E-state index in [0.717, 1.165) is 29.4 Å². The maximum atomic E-state index is 6.18. The molecule has 0 aliphatic heterocycles. The number of benzene rings is 1. The van der Waals surface area contributed by atoms with Gasteiger partial charge in [0.05, 0.1) is 0 Å². The van der Waals surface area contributed by atoms with Gasteiger partial charge in [0.25, 0.3) is 0 Å². The van der Waals surface area contributed by atoms with Crippen LogP contribution in [0.3, 0.4) is 0 Å². The highest BCUT2D eigenvalue weighted by atomic mass is 15.1. The van der Waals surface area contributed by atoms with Gasteiger partial charge in [-0.2, -0.15) is 0 Å². The fraction of sp³-hybridized carbons (Fsp3) is 0.357. The maximum Gasteiger partial charge on any atom is 0.131 e. The van der Waals surface area contributed by atoms with Gasteiger partial charge in [0.15, 0.2) is 0 Å². The molecule has 1 aromatic heterocycles. The first-order valence-corrected chi connectivity index (χ1v) is 6.06. The summed E-state index contributed by atoms with van der Waals surface area (Å²) in [5.41, 5.74) is 8.17. The molecule has 3 heteroatoms. The average molecular weight is 229 g/mol. The fourth-order valence-corrected chi connectivity index (χ4v) is 2.06. The van der Waals surface area contributed by atoms with Crippen LogP contribution in [0, 0.1) is 0 Å². The van der Waals surface area contributed by atoms with E-state index in [2.05, 4.69) is 30.3 Å². The Morgan fingerprint density at radius 1 is 1.24 bits per heavy atom. The number of nitrogen functional groups attached to an aromatic ring is 1. The molecule has 3 nitrogen and oxygen atoms in total. The molecule has 1 heterocycles. The van der Waals surface area contributed by atoms with E-state index >= 15 is 0 Å². The average Bonchev–Trinajstić information content (AvgIpc) is 2.67. The van der Waals surface area contributed by atoms with Gasteiger partial charge in [0.1, 0.15) is 17.3 Å². The van der Waals surface area contributed by atoms with Gasteiger partial charge in [-0.3, -0.25) is 0 Å². The number of anilines is 1. The van der Waals surface area contributed by atoms with Gasteiger partial charge in [-0.1, -0.05) is 44.2 Å². The SMILES string of the molecule is CCn1c(C(C)C)nc(-c2ccccc2)c1N. The van der Waals surface area contributed by atoms with Crippen molar-refractivity contribution in [1.29, 1.82) is 0 Å². The van der Waals surface area contributed by atoms with Crippen LogP contribution in [0.5, 0.6) is 0 Å². The van der Waals surface area contributed by atoms with Crippen LogP contribution in [0.2, 0.25) is 0 Å². The number of imidazole rings is 1. The van der Waals surface area contributed by atoms with E-state index in [1.807, 2.05) is 30.3 Å². The van der Waals surface area contributed by atoms with Crippen LogP contribution in [0.25, 0.3) is 11.3 Å². The number of nitrogens with zero attached hydrogens (tertiary/aromatic N) is 2. The van der Waals surface area contributed by atoms with Gasteiger partial charge in [-0.05, 0) is 6.92 Å². The van der Waals surface area contributed by atoms with E-state index in [-0.39, 0.29) is 0 Å². The molecule has 0 bridgehead atoms. The van der Waals surface area contributed by atoms with Crippen molar-refractivity contribution in [3.05, 3.63) is 36.2 Å². The summed E-state index contributed by atoms with van der Waals surface area (Å²) in [4.78, 5) is 4.69. The van der Waals surface area contributed by atoms with Gasteiger partial charge < -0.3 is 10.3 Å². The Hall–Kier alpha value is -1.77. The molecule has 1 aromatic carbocycles. The molecular formula is C14H19N3. The molecule has 2 N–H and O–H groups in total. The second kappa shape index (κ2) is 4.62. The van der Waals surface area contributed by atoms with Crippen LogP contribution >= 0.6 is 0 Å². The number of rotatable bonds is 3. The first kappa shape index (κ1) is 11.7. The number of hydrogen-bond donors (Lipinski definition) is 1. The minimum absolute atomic E-state index is 0.384. The summed E-state index contributed by atoms with van der Waals surface area (Å²) in [5.74, 6) is 2.21. The summed E-state index contributed by atoms with van der Waals surface area (Å²) in [6, 6.07) is 10.1. The molecule has 2 rings (SSSR count). The van der Waals surface area contributed by atoms with Gasteiger partial charge in [0, 0.05) is 18.0 Å². The first-order valence-electron chi connectivity index (χ1n) is 6.06. The van der Waals surface area contributed by atoms with Crippen molar-refractivity contribution < 1.29 is 0 Å². The summed E-state index contributed by atoms with van der Waals surface area (Å²) in [5, 5.41) is 0. The Bertz CT molecular complexity index is 498. The summed E-state index contributed by atoms with van der Waals surface area (Å²) in [6.07, 6.45) is 0. The zero-order valence-corrected chi connectivity index (χ0v) is 10.6. The van der Waals surface area contributed by atoms with E-state index in [1.165, 1.54) is 0 Å². The zero-order chi connectivity index (χ0) is 12.4. The van der Waals surface area contributed by atoms with Gasteiger partial charge in [-0.25, -0.2) is 4.98 Å². The van der Waals surface area contributed by atoms with Gasteiger partial charge in [0.2, 0.25) is 0 Å². The van der Waals surface area contributed by atoms with Crippen LogP contribution in [0.4, 0.5) is 5.82 Å². The monoisotopic (exact) mass is 229 g/mol. The largest absolute Gasteiger partial charge is 0.383 e. The smallest absolute Gasteiger partial charge is 0.131 e. The second-order valence-electron chi connectivity index (χ2n) is 4.47. The number of hydrogen-bond acceptors (Lipinski definition) is 2. The predicted molar refractivity (Wildman–Crippen MR) is 71.8 cm³/mol. The number of aromatic nitrogens is 2. The van der Waals surface area contributed by atoms with Crippen molar-refractivity contribution in [2.24, 2.45) is 0 Å². The van der Waals surface area contributed by atoms with Crippen LogP contribution in [0.15, 0.2) is 30.3 Å². The first-order chi connectivity index (χ1) is 8.15. The standard InChI is InChI=1S/C14H19N3/c1-4-17-13(15)12(16-14(17)10(2)3)11-8-6-5-7-9-11/h5-10H,4,15H2,1-3H3. The third kappa shape index (κ3) is 2.05. The van der Waals surface area contributed by atoms with E-state index in [9.17, 15) is 0 Å². The lowest BCUT2D eigenvalue weighted by Gasteiger charge is -2.08. The molecule has 0 amide bonds. The van der Waals surface area contributed by atoms with Crippen LogP contribution in [-0.2, 0) is 6.54 Å². The third-order valence-electron chi connectivity index (χ3n) is 2.92. The Morgan fingerprint density at radius 2 is 1.88 bits per heavy atom. The lowest BCUT2D eigenvalue weighted by atomic mass is 10.1. The second-order valence-corrected chi connectivity index (χ2v) is 4.47. The van der Waals surface area contributed by atoms with Crippen molar-refractivity contribution in [1.82, 2.24) is 9.55 Å². The Morgan fingerprint density at radius 3 is 2.35 bits per heavy atom. The maximum absolute atomic E-state index is 6.18. The highest BCUT2D eigenvalue weighted by molar-refractivity contribution is 5.71. The molecule has 0 saturated heterocycles. The van der Waals surface area contributed by atoms with Crippen LogP contribution in [-0.4, -0.2) is 9.55 Å². The Balaban J connectivity index is 2.57. The molecule has 0 aliphatic rings. The highest BCUT2D eigenvalue weighted by Crippen LogP contribution is 2.28. The number of nitrogens with two attached hydrogens (primary N) is 1. The van der Waals surface area contributed by atoms with Gasteiger partial charge >= 0.3 is 0 Å². The fourth-order valence-electron chi connectivity index (χ4n) is 2.06. The van der Waals surface area contributed by atoms with Crippen molar-refractivity contribution >= 4 is 5.82 Å². The van der Waals surface area contributed by atoms with Crippen molar-refractivity contribution in [2.45, 2.75) is 33.2 Å². The summed E-state index contributed by atoms with van der Waals surface area (Å²) < 4.78 is 2.09. The molecule has 90 valence electrons. The van der Waals surface area contributed by atoms with Gasteiger partial charge in [-0.15, -0.1) is 0 Å². The van der Waals surface area contributed by atoms with Crippen LogP contribution in [0.1, 0.15) is 32.5 Å². The molecule has 0 radical (unpaired) electrons. The molecule has 0 atom stereocenters. The molecular weight excluding hydrogens is 210 g/mol. The third-order valence-corrected chi connectivity index (χ3v) is 2.92. The van der Waals surface area contributed by atoms with Crippen molar-refractivity contribution in [2.75, 3.05) is 5.73 Å². The van der Waals surface area contributed by atoms with E-state index in [0.29, 0.717) is 5.92 Å². The quantitative estimate of drug-likeness (QED) is 0.877. The minimum Gasteiger partial charge on any atom is -0.383 e. The molecule has 0 saturated carbocycles. The highest BCUT2D eigenvalue weighted by Gasteiger charge is 2.16. The summed E-state index contributed by atoms with van der Waals surface area (Å²) >= 11 is 0. The van der Waals surface area contributed by atoms with E-state index < -0.39 is 0 Å².